The molecule has 1 aromatic carbocycles. The minimum Gasteiger partial charge on any atom is -0.378 e. The van der Waals surface area contributed by atoms with E-state index in [-0.39, 0.29) is 17.8 Å². The number of nitrogens with one attached hydrogen (secondary N) is 1. The normalized spacial score (nSPS) is 19.2. The van der Waals surface area contributed by atoms with Crippen LogP contribution < -0.4 is 5.32 Å². The van der Waals surface area contributed by atoms with Gasteiger partial charge >= 0.3 is 0 Å². The van der Waals surface area contributed by atoms with Gasteiger partial charge in [-0.1, -0.05) is 26.0 Å². The molecule has 1 aromatic heterocycles. The van der Waals surface area contributed by atoms with Crippen molar-refractivity contribution >= 4 is 5.91 Å². The molecule has 1 aliphatic carbocycles. The molecule has 7 heteroatoms. The monoisotopic (exact) mass is 414 g/mol. The van der Waals surface area contributed by atoms with Crippen molar-refractivity contribution in [2.24, 2.45) is 5.92 Å². The predicted molar refractivity (Wildman–Crippen MR) is 113 cm³/mol. The number of benzene rings is 1. The van der Waals surface area contributed by atoms with Gasteiger partial charge in [-0.15, -0.1) is 0 Å². The maximum Gasteiger partial charge on any atom is 0.274 e. The van der Waals surface area contributed by atoms with E-state index in [0.29, 0.717) is 44.5 Å². The number of hydrogen-bond acceptors (Lipinski definition) is 4. The quantitative estimate of drug-likeness (QED) is 0.790. The number of aromatic nitrogens is 2. The highest BCUT2D eigenvalue weighted by molar-refractivity contribution is 5.94. The van der Waals surface area contributed by atoms with Crippen molar-refractivity contribution in [1.29, 1.82) is 0 Å². The van der Waals surface area contributed by atoms with Gasteiger partial charge in [0.2, 0.25) is 0 Å². The molecular weight excluding hydrogens is 383 g/mol. The van der Waals surface area contributed by atoms with Crippen molar-refractivity contribution in [2.45, 2.75) is 52.2 Å². The van der Waals surface area contributed by atoms with Crippen LogP contribution in [0.15, 0.2) is 24.3 Å². The second-order valence-corrected chi connectivity index (χ2v) is 8.70. The molecule has 6 nitrogen and oxygen atoms in total. The fourth-order valence-corrected chi connectivity index (χ4v) is 4.31. The van der Waals surface area contributed by atoms with Crippen molar-refractivity contribution in [1.82, 2.24) is 20.0 Å². The summed E-state index contributed by atoms with van der Waals surface area (Å²) in [5.41, 5.74) is 3.97. The lowest BCUT2D eigenvalue weighted by atomic mass is 9.90. The predicted octanol–water partition coefficient (Wildman–Crippen LogP) is 2.80. The SMILES string of the molecule is CC(C)Cn1nc(C(=O)N2CCOCC2)c2c1CC[C@H](NCc1ccc(F)cc1)C2. The summed E-state index contributed by atoms with van der Waals surface area (Å²) in [6, 6.07) is 6.88. The molecular formula is C23H31FN4O2. The molecule has 1 fully saturated rings. The third-order valence-electron chi connectivity index (χ3n) is 5.89. The summed E-state index contributed by atoms with van der Waals surface area (Å²) in [5, 5.41) is 8.37. The third-order valence-corrected chi connectivity index (χ3v) is 5.89. The van der Waals surface area contributed by atoms with Crippen molar-refractivity contribution in [3.05, 3.63) is 52.6 Å². The molecule has 1 amide bonds. The first-order valence-electron chi connectivity index (χ1n) is 10.9. The highest BCUT2D eigenvalue weighted by Gasteiger charge is 2.31. The maximum absolute atomic E-state index is 13.2. The van der Waals surface area contributed by atoms with Crippen LogP contribution in [0.1, 0.15) is 47.6 Å². The number of carbonyl (C=O) groups is 1. The molecule has 0 bridgehead atoms. The van der Waals surface area contributed by atoms with Gasteiger partial charge in [-0.3, -0.25) is 9.48 Å². The number of halogens is 1. The van der Waals surface area contributed by atoms with Crippen molar-refractivity contribution < 1.29 is 13.9 Å². The van der Waals surface area contributed by atoms with E-state index in [2.05, 4.69) is 23.8 Å². The van der Waals surface area contributed by atoms with E-state index in [4.69, 9.17) is 9.84 Å². The lowest BCUT2D eigenvalue weighted by Crippen LogP contribution is -2.41. The Morgan fingerprint density at radius 2 is 2.00 bits per heavy atom. The van der Waals surface area contributed by atoms with Gasteiger partial charge in [-0.2, -0.15) is 5.10 Å². The summed E-state index contributed by atoms with van der Waals surface area (Å²) in [4.78, 5) is 15.1. The fraction of sp³-hybridized carbons (Fsp3) is 0.565. The Balaban J connectivity index is 1.52. The Morgan fingerprint density at radius 3 is 2.70 bits per heavy atom. The Hall–Kier alpha value is -2.25. The fourth-order valence-electron chi connectivity index (χ4n) is 4.31. The number of morpholine rings is 1. The third kappa shape index (κ3) is 4.73. The average molecular weight is 415 g/mol. The van der Waals surface area contributed by atoms with Crippen LogP contribution in [-0.2, 0) is 30.7 Å². The molecule has 2 heterocycles. The minimum atomic E-state index is -0.218. The van der Waals surface area contributed by atoms with Crippen LogP contribution in [0.5, 0.6) is 0 Å². The summed E-state index contributed by atoms with van der Waals surface area (Å²) in [7, 11) is 0. The summed E-state index contributed by atoms with van der Waals surface area (Å²) >= 11 is 0. The summed E-state index contributed by atoms with van der Waals surface area (Å²) in [6.07, 6.45) is 2.70. The molecule has 0 saturated carbocycles. The standard InChI is InChI=1S/C23H31FN4O2/c1-16(2)15-28-21-8-7-19(25-14-17-3-5-18(24)6-4-17)13-20(21)22(26-28)23(29)27-9-11-30-12-10-27/h3-6,16,19,25H,7-15H2,1-2H3/t19-/m0/s1. The van der Waals surface area contributed by atoms with Crippen LogP contribution >= 0.6 is 0 Å². The van der Waals surface area contributed by atoms with E-state index in [0.717, 1.165) is 36.9 Å². The van der Waals surface area contributed by atoms with Crippen molar-refractivity contribution in [3.8, 4) is 0 Å². The Kier molecular flexibility index (Phi) is 6.49. The van der Waals surface area contributed by atoms with Crippen LogP contribution in [0.3, 0.4) is 0 Å². The first kappa shape index (κ1) is 21.0. The number of rotatable bonds is 6. The van der Waals surface area contributed by atoms with Gasteiger partial charge < -0.3 is 15.0 Å². The summed E-state index contributed by atoms with van der Waals surface area (Å²) in [5.74, 6) is 0.274. The van der Waals surface area contributed by atoms with Gasteiger partial charge in [-0.25, -0.2) is 4.39 Å². The van der Waals surface area contributed by atoms with Crippen LogP contribution in [0.2, 0.25) is 0 Å². The number of ether oxygens (including phenoxy) is 1. The van der Waals surface area contributed by atoms with Gasteiger partial charge in [0.1, 0.15) is 5.82 Å². The molecule has 1 aliphatic heterocycles. The topological polar surface area (TPSA) is 59.4 Å². The lowest BCUT2D eigenvalue weighted by molar-refractivity contribution is 0.0297. The zero-order valence-electron chi connectivity index (χ0n) is 17.9. The zero-order valence-corrected chi connectivity index (χ0v) is 17.9. The average Bonchev–Trinajstić information content (AvgIpc) is 3.10. The van der Waals surface area contributed by atoms with E-state index in [1.807, 2.05) is 17.0 Å². The Labute approximate surface area is 177 Å². The van der Waals surface area contributed by atoms with E-state index >= 15 is 0 Å². The number of amides is 1. The van der Waals surface area contributed by atoms with E-state index in [1.54, 1.807) is 0 Å². The minimum absolute atomic E-state index is 0.0243. The van der Waals surface area contributed by atoms with Crippen LogP contribution in [0, 0.1) is 11.7 Å². The van der Waals surface area contributed by atoms with E-state index in [1.165, 1.54) is 17.8 Å². The zero-order chi connectivity index (χ0) is 21.1. The summed E-state index contributed by atoms with van der Waals surface area (Å²) < 4.78 is 20.6. The molecule has 162 valence electrons. The number of hydrogen-bond donors (Lipinski definition) is 1. The first-order chi connectivity index (χ1) is 14.5. The molecule has 0 unspecified atom stereocenters. The lowest BCUT2D eigenvalue weighted by Gasteiger charge is -2.28. The van der Waals surface area contributed by atoms with Crippen LogP contribution in [0.4, 0.5) is 4.39 Å². The second kappa shape index (κ2) is 9.27. The number of carbonyl (C=O) groups excluding carboxylic acids is 1. The summed E-state index contributed by atoms with van der Waals surface area (Å²) in [6.45, 7) is 8.28. The number of fused-ring (bicyclic) bond motifs is 1. The van der Waals surface area contributed by atoms with Gasteiger partial charge in [0, 0.05) is 43.5 Å². The highest BCUT2D eigenvalue weighted by atomic mass is 19.1. The maximum atomic E-state index is 13.2. The molecule has 1 N–H and O–H groups in total. The first-order valence-corrected chi connectivity index (χ1v) is 10.9. The Morgan fingerprint density at radius 1 is 1.27 bits per heavy atom. The van der Waals surface area contributed by atoms with Gasteiger partial charge in [-0.05, 0) is 42.9 Å². The van der Waals surface area contributed by atoms with E-state index < -0.39 is 0 Å². The highest BCUT2D eigenvalue weighted by Crippen LogP contribution is 2.27. The largest absolute Gasteiger partial charge is 0.378 e. The Bertz CT molecular complexity index is 872. The molecule has 2 aromatic rings. The smallest absolute Gasteiger partial charge is 0.274 e. The number of nitrogens with zero attached hydrogens (tertiary/aromatic N) is 3. The van der Waals surface area contributed by atoms with E-state index in [9.17, 15) is 9.18 Å². The van der Waals surface area contributed by atoms with Gasteiger partial charge in [0.05, 0.1) is 13.2 Å². The molecule has 1 atom stereocenters. The van der Waals surface area contributed by atoms with Gasteiger partial charge in [0.15, 0.2) is 5.69 Å². The molecule has 1 saturated heterocycles. The molecule has 0 spiro atoms. The van der Waals surface area contributed by atoms with Crippen molar-refractivity contribution in [2.75, 3.05) is 26.3 Å². The van der Waals surface area contributed by atoms with Crippen molar-refractivity contribution in [3.63, 3.8) is 0 Å². The van der Waals surface area contributed by atoms with Crippen LogP contribution in [0.25, 0.3) is 0 Å². The van der Waals surface area contributed by atoms with Crippen LogP contribution in [-0.4, -0.2) is 52.9 Å². The molecule has 0 radical (unpaired) electrons. The van der Waals surface area contributed by atoms with Gasteiger partial charge in [0.25, 0.3) is 5.91 Å². The molecule has 30 heavy (non-hydrogen) atoms. The molecule has 2 aliphatic rings. The molecule has 4 rings (SSSR count). The second-order valence-electron chi connectivity index (χ2n) is 8.70.